The van der Waals surface area contributed by atoms with E-state index in [0.717, 1.165) is 0 Å². The average Bonchev–Trinajstić information content (AvgIpc) is 2.34. The van der Waals surface area contributed by atoms with E-state index in [0.29, 0.717) is 0 Å². The van der Waals surface area contributed by atoms with Crippen LogP contribution >= 0.6 is 11.6 Å². The number of benzene rings is 1. The summed E-state index contributed by atoms with van der Waals surface area (Å²) >= 11 is 5.68. The lowest BCUT2D eigenvalue weighted by molar-refractivity contribution is 0.0691. The summed E-state index contributed by atoms with van der Waals surface area (Å²) in [7, 11) is 0. The Labute approximate surface area is 107 Å². The molecule has 0 radical (unpaired) electrons. The second-order valence-electron chi connectivity index (χ2n) is 3.44. The minimum atomic E-state index is -1.24. The third kappa shape index (κ3) is 2.57. The molecule has 0 fully saturated rings. The Morgan fingerprint density at radius 2 is 2.00 bits per heavy atom. The number of halogens is 2. The SMILES string of the molecule is O=C(O)c1nc(Nc2ccccc2F)ccc1Cl. The highest BCUT2D eigenvalue weighted by atomic mass is 35.5. The normalized spacial score (nSPS) is 10.1. The molecule has 0 bridgehead atoms. The maximum atomic E-state index is 13.4. The summed E-state index contributed by atoms with van der Waals surface area (Å²) in [6.07, 6.45) is 0. The standard InChI is InChI=1S/C12H8ClFN2O2/c13-7-5-6-10(16-11(7)12(17)18)15-9-4-2-1-3-8(9)14/h1-6H,(H,15,16)(H,17,18). The van der Waals surface area contributed by atoms with Gasteiger partial charge in [-0.25, -0.2) is 14.2 Å². The number of carboxylic acids is 1. The molecule has 18 heavy (non-hydrogen) atoms. The second kappa shape index (κ2) is 5.01. The number of pyridine rings is 1. The van der Waals surface area contributed by atoms with Crippen LogP contribution < -0.4 is 5.32 Å². The maximum Gasteiger partial charge on any atom is 0.356 e. The number of hydrogen-bond acceptors (Lipinski definition) is 3. The van der Waals surface area contributed by atoms with Crippen molar-refractivity contribution in [2.45, 2.75) is 0 Å². The van der Waals surface area contributed by atoms with Crippen molar-refractivity contribution in [3.8, 4) is 0 Å². The van der Waals surface area contributed by atoms with E-state index in [2.05, 4.69) is 10.3 Å². The van der Waals surface area contributed by atoms with Crippen LogP contribution in [0.1, 0.15) is 10.5 Å². The Balaban J connectivity index is 2.33. The van der Waals surface area contributed by atoms with Crippen LogP contribution in [-0.2, 0) is 0 Å². The van der Waals surface area contributed by atoms with Crippen molar-refractivity contribution in [2.24, 2.45) is 0 Å². The van der Waals surface area contributed by atoms with Crippen molar-refractivity contribution < 1.29 is 14.3 Å². The van der Waals surface area contributed by atoms with E-state index in [9.17, 15) is 9.18 Å². The zero-order valence-corrected chi connectivity index (χ0v) is 9.78. The largest absolute Gasteiger partial charge is 0.476 e. The zero-order valence-electron chi connectivity index (χ0n) is 9.02. The Kier molecular flexibility index (Phi) is 3.43. The van der Waals surface area contributed by atoms with Gasteiger partial charge in [-0.05, 0) is 24.3 Å². The third-order valence-corrected chi connectivity index (χ3v) is 2.49. The predicted octanol–water partition coefficient (Wildman–Crippen LogP) is 3.32. The van der Waals surface area contributed by atoms with E-state index in [1.807, 2.05) is 0 Å². The van der Waals surface area contributed by atoms with Crippen LogP contribution in [0, 0.1) is 5.82 Å². The highest BCUT2D eigenvalue weighted by Gasteiger charge is 2.12. The monoisotopic (exact) mass is 266 g/mol. The first-order valence-corrected chi connectivity index (χ1v) is 5.37. The Bertz CT molecular complexity index is 604. The molecule has 0 amide bonds. The van der Waals surface area contributed by atoms with Crippen molar-refractivity contribution in [3.63, 3.8) is 0 Å². The Morgan fingerprint density at radius 3 is 2.67 bits per heavy atom. The topological polar surface area (TPSA) is 62.2 Å². The fourth-order valence-corrected chi connectivity index (χ4v) is 1.55. The lowest BCUT2D eigenvalue weighted by Gasteiger charge is -2.07. The van der Waals surface area contributed by atoms with Crippen molar-refractivity contribution >= 4 is 29.1 Å². The minimum Gasteiger partial charge on any atom is -0.476 e. The molecule has 2 N–H and O–H groups in total. The van der Waals surface area contributed by atoms with Crippen LogP contribution in [0.3, 0.4) is 0 Å². The van der Waals surface area contributed by atoms with Gasteiger partial charge in [-0.1, -0.05) is 23.7 Å². The van der Waals surface area contributed by atoms with Crippen molar-refractivity contribution in [1.82, 2.24) is 4.98 Å². The fourth-order valence-electron chi connectivity index (χ4n) is 1.36. The van der Waals surface area contributed by atoms with Crippen LogP contribution in [0.2, 0.25) is 5.02 Å². The van der Waals surface area contributed by atoms with Gasteiger partial charge in [0, 0.05) is 0 Å². The molecule has 0 aliphatic carbocycles. The quantitative estimate of drug-likeness (QED) is 0.895. The highest BCUT2D eigenvalue weighted by molar-refractivity contribution is 6.33. The number of anilines is 2. The summed E-state index contributed by atoms with van der Waals surface area (Å²) in [5, 5.41) is 11.6. The molecule has 0 aliphatic rings. The number of aromatic nitrogens is 1. The molecular formula is C12H8ClFN2O2. The lowest BCUT2D eigenvalue weighted by atomic mass is 10.3. The van der Waals surface area contributed by atoms with Crippen LogP contribution in [0.4, 0.5) is 15.9 Å². The molecule has 1 heterocycles. The summed E-state index contributed by atoms with van der Waals surface area (Å²) in [5.74, 6) is -1.48. The van der Waals surface area contributed by atoms with Crippen LogP contribution in [0.25, 0.3) is 0 Å². The molecule has 0 saturated carbocycles. The molecule has 4 nitrogen and oxygen atoms in total. The molecular weight excluding hydrogens is 259 g/mol. The fraction of sp³-hybridized carbons (Fsp3) is 0. The molecule has 1 aromatic heterocycles. The van der Waals surface area contributed by atoms with E-state index in [1.165, 1.54) is 24.3 Å². The van der Waals surface area contributed by atoms with Gasteiger partial charge in [0.05, 0.1) is 10.7 Å². The summed E-state index contributed by atoms with van der Waals surface area (Å²) in [4.78, 5) is 14.6. The van der Waals surface area contributed by atoms with Gasteiger partial charge in [0.2, 0.25) is 0 Å². The van der Waals surface area contributed by atoms with Gasteiger partial charge in [0.1, 0.15) is 11.6 Å². The summed E-state index contributed by atoms with van der Waals surface area (Å²) in [6.45, 7) is 0. The van der Waals surface area contributed by atoms with Gasteiger partial charge < -0.3 is 10.4 Å². The molecule has 2 rings (SSSR count). The number of rotatable bonds is 3. The first kappa shape index (κ1) is 12.3. The molecule has 0 aliphatic heterocycles. The number of carbonyl (C=O) groups is 1. The first-order valence-electron chi connectivity index (χ1n) is 4.99. The Hall–Kier alpha value is -2.14. The van der Waals surface area contributed by atoms with E-state index in [1.54, 1.807) is 12.1 Å². The molecule has 0 atom stereocenters. The van der Waals surface area contributed by atoms with Gasteiger partial charge in [-0.15, -0.1) is 0 Å². The smallest absolute Gasteiger partial charge is 0.356 e. The first-order chi connectivity index (χ1) is 8.58. The van der Waals surface area contributed by atoms with E-state index in [4.69, 9.17) is 16.7 Å². The number of carboxylic acid groups (broad SMARTS) is 1. The number of nitrogens with zero attached hydrogens (tertiary/aromatic N) is 1. The highest BCUT2D eigenvalue weighted by Crippen LogP contribution is 2.21. The predicted molar refractivity (Wildman–Crippen MR) is 65.9 cm³/mol. The van der Waals surface area contributed by atoms with Crippen molar-refractivity contribution in [3.05, 3.63) is 52.9 Å². The number of hydrogen-bond donors (Lipinski definition) is 2. The van der Waals surface area contributed by atoms with Gasteiger partial charge in [-0.2, -0.15) is 0 Å². The molecule has 2 aromatic rings. The van der Waals surface area contributed by atoms with E-state index >= 15 is 0 Å². The van der Waals surface area contributed by atoms with Crippen molar-refractivity contribution in [2.75, 3.05) is 5.32 Å². The number of para-hydroxylation sites is 1. The van der Waals surface area contributed by atoms with Gasteiger partial charge in [0.15, 0.2) is 5.69 Å². The number of nitrogens with one attached hydrogen (secondary N) is 1. The second-order valence-corrected chi connectivity index (χ2v) is 3.84. The molecule has 0 spiro atoms. The molecule has 0 unspecified atom stereocenters. The van der Waals surface area contributed by atoms with Gasteiger partial charge in [0.25, 0.3) is 0 Å². The molecule has 92 valence electrons. The van der Waals surface area contributed by atoms with Gasteiger partial charge >= 0.3 is 5.97 Å². The van der Waals surface area contributed by atoms with Crippen LogP contribution in [0.15, 0.2) is 36.4 Å². The maximum absolute atomic E-state index is 13.4. The lowest BCUT2D eigenvalue weighted by Crippen LogP contribution is -2.04. The molecule has 6 heteroatoms. The van der Waals surface area contributed by atoms with E-state index < -0.39 is 11.8 Å². The van der Waals surface area contributed by atoms with Crippen molar-refractivity contribution in [1.29, 1.82) is 0 Å². The molecule has 1 aromatic carbocycles. The van der Waals surface area contributed by atoms with Crippen LogP contribution in [-0.4, -0.2) is 16.1 Å². The van der Waals surface area contributed by atoms with E-state index in [-0.39, 0.29) is 22.2 Å². The summed E-state index contributed by atoms with van der Waals surface area (Å²) in [6, 6.07) is 8.88. The minimum absolute atomic E-state index is 0.0292. The third-order valence-electron chi connectivity index (χ3n) is 2.19. The summed E-state index contributed by atoms with van der Waals surface area (Å²) in [5.41, 5.74) is -0.0679. The van der Waals surface area contributed by atoms with Crippen LogP contribution in [0.5, 0.6) is 0 Å². The Morgan fingerprint density at radius 1 is 1.28 bits per heavy atom. The number of aromatic carboxylic acids is 1. The zero-order chi connectivity index (χ0) is 13.1. The van der Waals surface area contributed by atoms with Gasteiger partial charge in [-0.3, -0.25) is 0 Å². The summed E-state index contributed by atoms with van der Waals surface area (Å²) < 4.78 is 13.4. The molecule has 0 saturated heterocycles. The average molecular weight is 267 g/mol.